The summed E-state index contributed by atoms with van der Waals surface area (Å²) in [5.41, 5.74) is 0. The molecular formula is C4H9KO3. The summed E-state index contributed by atoms with van der Waals surface area (Å²) >= 11 is 0. The van der Waals surface area contributed by atoms with Crippen molar-refractivity contribution in [3.05, 3.63) is 0 Å². The molecule has 3 nitrogen and oxygen atoms in total. The summed E-state index contributed by atoms with van der Waals surface area (Å²) in [5, 5.41) is 16.3. The van der Waals surface area contributed by atoms with Crippen molar-refractivity contribution in [2.75, 3.05) is 0 Å². The van der Waals surface area contributed by atoms with Gasteiger partial charge in [-0.2, -0.15) is 0 Å². The van der Waals surface area contributed by atoms with Gasteiger partial charge in [0, 0.05) is 0 Å². The van der Waals surface area contributed by atoms with Crippen molar-refractivity contribution < 1.29 is 67.8 Å². The van der Waals surface area contributed by atoms with Crippen LogP contribution in [0.25, 0.3) is 0 Å². The third-order valence-electron chi connectivity index (χ3n) is 0.470. The van der Waals surface area contributed by atoms with E-state index in [4.69, 9.17) is 10.2 Å². The van der Waals surface area contributed by atoms with Crippen LogP contribution < -0.4 is 51.4 Å². The first-order valence-corrected chi connectivity index (χ1v) is 2.03. The fourth-order valence-corrected chi connectivity index (χ4v) is 0.253. The smallest absolute Gasteiger partial charge is 1.00 e. The fraction of sp³-hybridized carbons (Fsp3) is 0.750. The average molecular weight is 144 g/mol. The van der Waals surface area contributed by atoms with Gasteiger partial charge in [0.2, 0.25) is 0 Å². The summed E-state index contributed by atoms with van der Waals surface area (Å²) < 4.78 is 0. The van der Waals surface area contributed by atoms with Gasteiger partial charge in [0.1, 0.15) is 0 Å². The van der Waals surface area contributed by atoms with Gasteiger partial charge in [-0.1, -0.05) is 0 Å². The predicted octanol–water partition coefficient (Wildman–Crippen LogP) is -3.04. The summed E-state index contributed by atoms with van der Waals surface area (Å²) in [6, 6.07) is 0. The molecule has 0 aliphatic carbocycles. The second kappa shape index (κ2) is 6.19. The molecule has 4 heteroatoms. The van der Waals surface area contributed by atoms with Crippen LogP contribution in [0.2, 0.25) is 0 Å². The van der Waals surface area contributed by atoms with E-state index in [0.29, 0.717) is 0 Å². The summed E-state index contributed by atoms with van der Waals surface area (Å²) in [6.07, 6.45) is -0.891. The molecule has 0 aliphatic heterocycles. The second-order valence-electron chi connectivity index (χ2n) is 1.45. The molecule has 0 bridgehead atoms. The van der Waals surface area contributed by atoms with Crippen molar-refractivity contribution in [3.63, 3.8) is 0 Å². The molecule has 8 heavy (non-hydrogen) atoms. The van der Waals surface area contributed by atoms with E-state index in [1.165, 1.54) is 6.92 Å². The molecule has 0 saturated carbocycles. The minimum atomic E-state index is -0.963. The van der Waals surface area contributed by atoms with Crippen LogP contribution in [0.4, 0.5) is 0 Å². The van der Waals surface area contributed by atoms with Crippen molar-refractivity contribution in [1.82, 2.24) is 0 Å². The first kappa shape index (κ1) is 11.8. The van der Waals surface area contributed by atoms with E-state index >= 15 is 0 Å². The quantitative estimate of drug-likeness (QED) is 0.405. The van der Waals surface area contributed by atoms with Gasteiger partial charge in [0.05, 0.1) is 12.5 Å². The number of carboxylic acids is 1. The molecule has 44 valence electrons. The van der Waals surface area contributed by atoms with Crippen LogP contribution >= 0.6 is 0 Å². The zero-order chi connectivity index (χ0) is 5.86. The molecule has 0 radical (unpaired) electrons. The maximum absolute atomic E-state index is 9.65. The summed E-state index contributed by atoms with van der Waals surface area (Å²) in [7, 11) is 0. The first-order chi connectivity index (χ1) is 3.13. The fourth-order valence-electron chi connectivity index (χ4n) is 0.253. The minimum absolute atomic E-state index is 0. The average Bonchev–Trinajstić information content (AvgIpc) is 1.27. The molecule has 2 N–H and O–H groups in total. The number of carboxylic acid groups (broad SMARTS) is 1. The Hall–Kier alpha value is 1.07. The number of hydrogen-bond donors (Lipinski definition) is 2. The maximum Gasteiger partial charge on any atom is 1.00 e. The van der Waals surface area contributed by atoms with Crippen LogP contribution in [0.3, 0.4) is 0 Å². The third-order valence-corrected chi connectivity index (χ3v) is 0.470. The Morgan fingerprint density at radius 1 is 1.88 bits per heavy atom. The molecule has 0 aromatic heterocycles. The molecule has 0 heterocycles. The first-order valence-electron chi connectivity index (χ1n) is 2.03. The monoisotopic (exact) mass is 144 g/mol. The van der Waals surface area contributed by atoms with Gasteiger partial charge in [0.15, 0.2) is 0 Å². The van der Waals surface area contributed by atoms with E-state index in [0.717, 1.165) is 0 Å². The van der Waals surface area contributed by atoms with Gasteiger partial charge >= 0.3 is 57.4 Å². The Morgan fingerprint density at radius 3 is 2.25 bits per heavy atom. The molecule has 0 aromatic rings. The number of aliphatic carboxylic acids is 1. The van der Waals surface area contributed by atoms with Gasteiger partial charge in [0.25, 0.3) is 0 Å². The van der Waals surface area contributed by atoms with E-state index in [9.17, 15) is 4.79 Å². The molecular weight excluding hydrogens is 135 g/mol. The van der Waals surface area contributed by atoms with Crippen molar-refractivity contribution in [3.8, 4) is 0 Å². The Kier molecular flexibility index (Phi) is 9.14. The molecule has 1 atom stereocenters. The summed E-state index contributed by atoms with van der Waals surface area (Å²) in [6.45, 7) is 1.44. The molecule has 0 saturated heterocycles. The molecule has 0 amide bonds. The van der Waals surface area contributed by atoms with Crippen LogP contribution in [0.15, 0.2) is 0 Å². The Morgan fingerprint density at radius 2 is 2.25 bits per heavy atom. The Labute approximate surface area is 92.0 Å². The van der Waals surface area contributed by atoms with Gasteiger partial charge in [-0.3, -0.25) is 4.79 Å². The zero-order valence-electron chi connectivity index (χ0n) is 6.09. The van der Waals surface area contributed by atoms with Gasteiger partial charge in [-0.15, -0.1) is 0 Å². The number of aliphatic hydroxyl groups excluding tert-OH is 1. The van der Waals surface area contributed by atoms with Crippen LogP contribution in [0.5, 0.6) is 0 Å². The minimum Gasteiger partial charge on any atom is -1.00 e. The largest absolute Gasteiger partial charge is 1.00 e. The number of rotatable bonds is 2. The van der Waals surface area contributed by atoms with E-state index in [1.807, 2.05) is 0 Å². The molecule has 0 aliphatic rings. The van der Waals surface area contributed by atoms with E-state index < -0.39 is 12.1 Å². The van der Waals surface area contributed by atoms with Gasteiger partial charge in [-0.25, -0.2) is 0 Å². The third kappa shape index (κ3) is 10.1. The van der Waals surface area contributed by atoms with Crippen LogP contribution in [0.1, 0.15) is 14.8 Å². The van der Waals surface area contributed by atoms with Gasteiger partial charge < -0.3 is 11.6 Å². The topological polar surface area (TPSA) is 57.5 Å². The predicted molar refractivity (Wildman–Crippen MR) is 25.0 cm³/mol. The molecule has 0 unspecified atom stereocenters. The standard InChI is InChI=1S/C4H8O3.K.H/c1-3(5)2-4(6)7;;/h3,5H,2H2,1H3,(H,6,7);;/q;+1;-1/t3-;;/m1../s1. The van der Waals surface area contributed by atoms with E-state index in [2.05, 4.69) is 0 Å². The molecule has 0 aromatic carbocycles. The van der Waals surface area contributed by atoms with Crippen molar-refractivity contribution >= 4 is 5.97 Å². The number of aliphatic hydroxyl groups is 1. The van der Waals surface area contributed by atoms with Crippen molar-refractivity contribution in [2.24, 2.45) is 0 Å². The normalized spacial score (nSPS) is 11.8. The van der Waals surface area contributed by atoms with Crippen LogP contribution in [-0.4, -0.2) is 22.3 Å². The van der Waals surface area contributed by atoms with Crippen LogP contribution in [0, 0.1) is 0 Å². The number of carbonyl (C=O) groups is 1. The van der Waals surface area contributed by atoms with E-state index in [-0.39, 0.29) is 59.2 Å². The van der Waals surface area contributed by atoms with E-state index in [1.54, 1.807) is 0 Å². The SMILES string of the molecule is C[C@@H](O)CC(=O)O.[H-].[K+]. The van der Waals surface area contributed by atoms with Gasteiger partial charge in [-0.05, 0) is 6.92 Å². The number of hydrogen-bond acceptors (Lipinski definition) is 2. The van der Waals surface area contributed by atoms with Crippen molar-refractivity contribution in [1.29, 1.82) is 0 Å². The molecule has 0 fully saturated rings. The van der Waals surface area contributed by atoms with Crippen LogP contribution in [-0.2, 0) is 4.79 Å². The Balaban J connectivity index is -0.000000180. The molecule has 0 spiro atoms. The Bertz CT molecular complexity index is 76.2. The summed E-state index contributed by atoms with van der Waals surface area (Å²) in [4.78, 5) is 9.65. The maximum atomic E-state index is 9.65. The summed E-state index contributed by atoms with van der Waals surface area (Å²) in [5.74, 6) is -0.963. The van der Waals surface area contributed by atoms with Crippen molar-refractivity contribution in [2.45, 2.75) is 19.4 Å². The second-order valence-corrected chi connectivity index (χ2v) is 1.45. The zero-order valence-corrected chi connectivity index (χ0v) is 8.21. The molecule has 0 rings (SSSR count).